The Hall–Kier alpha value is -0.560. The maximum Gasteiger partial charge on any atom is 0.0468 e. The van der Waals surface area contributed by atoms with E-state index < -0.39 is 0 Å². The Morgan fingerprint density at radius 1 is 0.349 bits per heavy atom. The molecule has 4 aliphatic rings. The van der Waals surface area contributed by atoms with Gasteiger partial charge in [-0.25, -0.2) is 0 Å². The molecule has 0 radical (unpaired) electrons. The second kappa shape index (κ2) is 21.3. The van der Waals surface area contributed by atoms with Crippen LogP contribution in [-0.4, -0.2) is 13.2 Å². The van der Waals surface area contributed by atoms with Gasteiger partial charge in [-0.2, -0.15) is 0 Å². The van der Waals surface area contributed by atoms with Crippen LogP contribution < -0.4 is 0 Å². The summed E-state index contributed by atoms with van der Waals surface area (Å²) in [5, 5.41) is 0. The summed E-state index contributed by atoms with van der Waals surface area (Å²) in [5.74, 6) is 8.10. The molecule has 4 rings (SSSR count). The highest BCUT2D eigenvalue weighted by Crippen LogP contribution is 2.40. The first-order valence-electron chi connectivity index (χ1n) is 20.0. The summed E-state index contributed by atoms with van der Waals surface area (Å²) in [6, 6.07) is 0. The molecule has 0 amide bonds. The van der Waals surface area contributed by atoms with Gasteiger partial charge < -0.3 is 4.74 Å². The van der Waals surface area contributed by atoms with Gasteiger partial charge in [-0.3, -0.25) is 0 Å². The molecule has 0 aromatic carbocycles. The fourth-order valence-corrected chi connectivity index (χ4v) is 9.88. The van der Waals surface area contributed by atoms with Crippen molar-refractivity contribution in [2.75, 3.05) is 13.2 Å². The lowest BCUT2D eigenvalue weighted by Gasteiger charge is -2.32. The minimum Gasteiger partial charge on any atom is -0.381 e. The summed E-state index contributed by atoms with van der Waals surface area (Å²) >= 11 is 0. The third-order valence-corrected chi connectivity index (χ3v) is 13.2. The molecule has 43 heavy (non-hydrogen) atoms. The molecule has 0 atom stereocenters. The van der Waals surface area contributed by atoms with E-state index in [-0.39, 0.29) is 0 Å². The van der Waals surface area contributed by atoms with Gasteiger partial charge in [0, 0.05) is 13.2 Å². The zero-order valence-corrected chi connectivity index (χ0v) is 28.8. The Labute approximate surface area is 269 Å². The van der Waals surface area contributed by atoms with E-state index in [1.54, 1.807) is 0 Å². The fourth-order valence-electron chi connectivity index (χ4n) is 9.88. The number of allylic oxidation sites excluding steroid dienone is 2. The molecule has 1 nitrogen and oxygen atoms in total. The SMILES string of the molecule is C=CCCCC1CCC(CCC2CCC(CCOCCC3CCC(CCC4CCC(CCCC=C)CC4)CC3)CC2)CC1. The highest BCUT2D eigenvalue weighted by atomic mass is 16.5. The van der Waals surface area contributed by atoms with Crippen molar-refractivity contribution in [2.24, 2.45) is 47.3 Å². The first-order chi connectivity index (χ1) is 21.2. The molecule has 0 N–H and O–H groups in total. The first kappa shape index (κ1) is 35.3. The number of hydrogen-bond donors (Lipinski definition) is 0. The topological polar surface area (TPSA) is 9.23 Å². The molecule has 4 fully saturated rings. The van der Waals surface area contributed by atoms with Gasteiger partial charge in [-0.05, 0) is 85.9 Å². The predicted octanol–water partition coefficient (Wildman–Crippen LogP) is 13.3. The molecule has 0 aromatic heterocycles. The zero-order chi connectivity index (χ0) is 30.0. The predicted molar refractivity (Wildman–Crippen MR) is 188 cm³/mol. The van der Waals surface area contributed by atoms with Gasteiger partial charge in [-0.1, -0.05) is 153 Å². The first-order valence-corrected chi connectivity index (χ1v) is 20.0. The van der Waals surface area contributed by atoms with Crippen LogP contribution in [0.3, 0.4) is 0 Å². The van der Waals surface area contributed by atoms with Gasteiger partial charge in [0.1, 0.15) is 0 Å². The molecule has 0 heterocycles. The van der Waals surface area contributed by atoms with Gasteiger partial charge in [0.15, 0.2) is 0 Å². The average molecular weight is 595 g/mol. The van der Waals surface area contributed by atoms with Crippen LogP contribution in [0, 0.1) is 47.3 Å². The van der Waals surface area contributed by atoms with Crippen molar-refractivity contribution in [3.05, 3.63) is 25.3 Å². The van der Waals surface area contributed by atoms with Gasteiger partial charge in [0.05, 0.1) is 0 Å². The minimum atomic E-state index is 0.949. The van der Waals surface area contributed by atoms with E-state index in [1.165, 1.54) is 180 Å². The quantitative estimate of drug-likeness (QED) is 0.101. The molecular formula is C42H74O. The van der Waals surface area contributed by atoms with Crippen LogP contribution in [0.1, 0.15) is 180 Å². The van der Waals surface area contributed by atoms with E-state index in [9.17, 15) is 0 Å². The number of hydrogen-bond acceptors (Lipinski definition) is 1. The molecule has 0 saturated heterocycles. The number of ether oxygens (including phenoxy) is 1. The summed E-state index contributed by atoms with van der Waals surface area (Å²) in [4.78, 5) is 0. The normalized spacial score (nSPS) is 33.7. The van der Waals surface area contributed by atoms with Crippen LogP contribution in [0.5, 0.6) is 0 Å². The lowest BCUT2D eigenvalue weighted by atomic mass is 9.74. The molecule has 0 aromatic rings. The van der Waals surface area contributed by atoms with Gasteiger partial charge in [0.25, 0.3) is 0 Å². The second-order valence-corrected chi connectivity index (χ2v) is 16.3. The lowest BCUT2D eigenvalue weighted by molar-refractivity contribution is 0.0898. The van der Waals surface area contributed by atoms with Gasteiger partial charge in [0.2, 0.25) is 0 Å². The maximum absolute atomic E-state index is 6.22. The monoisotopic (exact) mass is 595 g/mol. The Balaban J connectivity index is 0.926. The Morgan fingerprint density at radius 3 is 0.837 bits per heavy atom. The third-order valence-electron chi connectivity index (χ3n) is 13.2. The minimum absolute atomic E-state index is 0.949. The Kier molecular flexibility index (Phi) is 17.5. The Morgan fingerprint density at radius 2 is 0.581 bits per heavy atom. The lowest BCUT2D eigenvalue weighted by Crippen LogP contribution is -2.20. The summed E-state index contributed by atoms with van der Waals surface area (Å²) in [7, 11) is 0. The molecule has 248 valence electrons. The molecule has 0 unspecified atom stereocenters. The standard InChI is InChI=1S/C42H74O/c1-3-5-7-9-35-11-15-37(16-12-35)19-21-39-23-27-41(28-24-39)31-33-43-34-32-42-29-25-40(26-30-42)22-20-38-17-13-36(14-18-38)10-8-6-4-2/h3-4,35-42H,1-2,5-34H2. The van der Waals surface area contributed by atoms with E-state index in [2.05, 4.69) is 25.3 Å². The van der Waals surface area contributed by atoms with Crippen molar-refractivity contribution in [1.29, 1.82) is 0 Å². The van der Waals surface area contributed by atoms with Crippen LogP contribution in [0.2, 0.25) is 0 Å². The Bertz CT molecular complexity index is 634. The van der Waals surface area contributed by atoms with Crippen LogP contribution in [0.25, 0.3) is 0 Å². The number of unbranched alkanes of at least 4 members (excludes halogenated alkanes) is 2. The fraction of sp³-hybridized carbons (Fsp3) is 0.905. The molecule has 0 bridgehead atoms. The van der Waals surface area contributed by atoms with Crippen molar-refractivity contribution in [3.63, 3.8) is 0 Å². The van der Waals surface area contributed by atoms with E-state index in [1.807, 2.05) is 0 Å². The van der Waals surface area contributed by atoms with Crippen molar-refractivity contribution >= 4 is 0 Å². The van der Waals surface area contributed by atoms with Crippen molar-refractivity contribution < 1.29 is 4.74 Å². The molecule has 4 aliphatic carbocycles. The summed E-state index contributed by atoms with van der Waals surface area (Å²) < 4.78 is 6.22. The van der Waals surface area contributed by atoms with Crippen molar-refractivity contribution in [2.45, 2.75) is 180 Å². The second-order valence-electron chi connectivity index (χ2n) is 16.3. The summed E-state index contributed by atoms with van der Waals surface area (Å²) in [5.41, 5.74) is 0. The summed E-state index contributed by atoms with van der Waals surface area (Å²) in [6.07, 6.45) is 45.0. The van der Waals surface area contributed by atoms with Crippen molar-refractivity contribution in [1.82, 2.24) is 0 Å². The molecule has 0 spiro atoms. The largest absolute Gasteiger partial charge is 0.381 e. The highest BCUT2D eigenvalue weighted by Gasteiger charge is 2.26. The van der Waals surface area contributed by atoms with E-state index in [0.717, 1.165) is 60.6 Å². The smallest absolute Gasteiger partial charge is 0.0468 e. The van der Waals surface area contributed by atoms with Gasteiger partial charge >= 0.3 is 0 Å². The zero-order valence-electron chi connectivity index (χ0n) is 28.8. The van der Waals surface area contributed by atoms with Crippen LogP contribution in [-0.2, 0) is 4.74 Å². The maximum atomic E-state index is 6.22. The van der Waals surface area contributed by atoms with Crippen molar-refractivity contribution in [3.8, 4) is 0 Å². The molecular weight excluding hydrogens is 520 g/mol. The summed E-state index contributed by atoms with van der Waals surface area (Å²) in [6.45, 7) is 9.81. The van der Waals surface area contributed by atoms with Crippen LogP contribution in [0.4, 0.5) is 0 Å². The molecule has 1 heteroatoms. The van der Waals surface area contributed by atoms with E-state index >= 15 is 0 Å². The average Bonchev–Trinajstić information content (AvgIpc) is 3.05. The number of rotatable bonds is 20. The van der Waals surface area contributed by atoms with Gasteiger partial charge in [-0.15, -0.1) is 13.2 Å². The molecule has 0 aliphatic heterocycles. The molecule has 4 saturated carbocycles. The van der Waals surface area contributed by atoms with E-state index in [4.69, 9.17) is 4.74 Å². The van der Waals surface area contributed by atoms with Crippen LogP contribution in [0.15, 0.2) is 25.3 Å². The van der Waals surface area contributed by atoms with E-state index in [0.29, 0.717) is 0 Å². The highest BCUT2D eigenvalue weighted by molar-refractivity contribution is 4.79. The van der Waals surface area contributed by atoms with Crippen LogP contribution >= 0.6 is 0 Å². The third kappa shape index (κ3) is 14.2.